The van der Waals surface area contributed by atoms with Crippen molar-refractivity contribution in [2.24, 2.45) is 0 Å². The van der Waals surface area contributed by atoms with Gasteiger partial charge in [0, 0.05) is 50.7 Å². The van der Waals surface area contributed by atoms with Gasteiger partial charge >= 0.3 is 0 Å². The Labute approximate surface area is 155 Å². The van der Waals surface area contributed by atoms with Gasteiger partial charge in [-0.15, -0.1) is 0 Å². The Balaban J connectivity index is 1.69. The molecule has 26 heavy (non-hydrogen) atoms. The maximum absolute atomic E-state index is 13.2. The Morgan fingerprint density at radius 3 is 2.38 bits per heavy atom. The van der Waals surface area contributed by atoms with Crippen molar-refractivity contribution in [3.8, 4) is 0 Å². The number of nitrogens with one attached hydrogen (secondary N) is 1. The second-order valence-electron chi connectivity index (χ2n) is 5.98. The van der Waals surface area contributed by atoms with Crippen LogP contribution in [0.2, 0.25) is 5.02 Å². The van der Waals surface area contributed by atoms with E-state index in [2.05, 4.69) is 10.3 Å². The number of anilines is 2. The number of nitrogens with zero attached hydrogens (tertiary/aromatic N) is 3. The Morgan fingerprint density at radius 1 is 1.08 bits per heavy atom. The zero-order chi connectivity index (χ0) is 18.7. The summed E-state index contributed by atoms with van der Waals surface area (Å²) >= 11 is 5.78. The third-order valence-electron chi connectivity index (χ3n) is 4.20. The fraction of sp³-hybridized carbons (Fsp3) is 0.278. The molecule has 2 heterocycles. The van der Waals surface area contributed by atoms with Gasteiger partial charge < -0.3 is 15.1 Å². The number of hydrogen-bond donors (Lipinski definition) is 1. The fourth-order valence-corrected chi connectivity index (χ4v) is 2.93. The van der Waals surface area contributed by atoms with Crippen LogP contribution in [0, 0.1) is 5.82 Å². The molecule has 0 spiro atoms. The molecule has 0 unspecified atom stereocenters. The molecule has 0 radical (unpaired) electrons. The largest absolute Gasteiger partial charge is 0.355 e. The molecule has 1 aliphatic rings. The second kappa shape index (κ2) is 7.70. The van der Waals surface area contributed by atoms with Crippen molar-refractivity contribution >= 4 is 34.8 Å². The van der Waals surface area contributed by atoms with E-state index in [-0.39, 0.29) is 16.8 Å². The zero-order valence-electron chi connectivity index (χ0n) is 14.2. The highest BCUT2D eigenvalue weighted by atomic mass is 35.5. The lowest BCUT2D eigenvalue weighted by Gasteiger charge is -2.34. The quantitative estimate of drug-likeness (QED) is 0.894. The monoisotopic (exact) mass is 376 g/mol. The molecule has 1 N–H and O–H groups in total. The van der Waals surface area contributed by atoms with Crippen molar-refractivity contribution in [2.45, 2.75) is 6.92 Å². The van der Waals surface area contributed by atoms with E-state index < -0.39 is 5.82 Å². The second-order valence-corrected chi connectivity index (χ2v) is 6.39. The highest BCUT2D eigenvalue weighted by molar-refractivity contribution is 6.31. The van der Waals surface area contributed by atoms with Gasteiger partial charge in [-0.2, -0.15) is 0 Å². The average molecular weight is 377 g/mol. The molecule has 0 aliphatic carbocycles. The Kier molecular flexibility index (Phi) is 5.37. The van der Waals surface area contributed by atoms with Crippen LogP contribution in [0.15, 0.2) is 36.5 Å². The summed E-state index contributed by atoms with van der Waals surface area (Å²) in [5.41, 5.74) is 1.56. The minimum atomic E-state index is -0.493. The predicted molar refractivity (Wildman–Crippen MR) is 97.1 cm³/mol. The lowest BCUT2D eigenvalue weighted by molar-refractivity contribution is -0.130. The van der Waals surface area contributed by atoms with Gasteiger partial charge in [-0.3, -0.25) is 14.6 Å². The summed E-state index contributed by atoms with van der Waals surface area (Å²) in [4.78, 5) is 31.6. The minimum Gasteiger partial charge on any atom is -0.355 e. The summed E-state index contributed by atoms with van der Waals surface area (Å²) in [6.45, 7) is 3.52. The van der Waals surface area contributed by atoms with Gasteiger partial charge in [0.2, 0.25) is 5.91 Å². The molecule has 8 heteroatoms. The van der Waals surface area contributed by atoms with Crippen molar-refractivity contribution in [3.63, 3.8) is 0 Å². The number of carbonyl (C=O) groups is 2. The molecule has 1 aliphatic heterocycles. The van der Waals surface area contributed by atoms with Gasteiger partial charge in [0.25, 0.3) is 5.91 Å². The molecule has 1 aromatic heterocycles. The van der Waals surface area contributed by atoms with Gasteiger partial charge in [0.05, 0.1) is 5.02 Å². The average Bonchev–Trinajstić information content (AvgIpc) is 2.64. The molecule has 0 saturated carbocycles. The predicted octanol–water partition coefficient (Wildman–Crippen LogP) is 2.92. The van der Waals surface area contributed by atoms with Crippen LogP contribution >= 0.6 is 11.6 Å². The van der Waals surface area contributed by atoms with E-state index in [0.717, 1.165) is 0 Å². The van der Waals surface area contributed by atoms with Crippen LogP contribution in [0.5, 0.6) is 0 Å². The van der Waals surface area contributed by atoms with Crippen LogP contribution in [0.25, 0.3) is 0 Å². The molecule has 2 aromatic rings. The lowest BCUT2D eigenvalue weighted by atomic mass is 10.2. The maximum atomic E-state index is 13.2. The number of pyridine rings is 1. The normalized spacial score (nSPS) is 14.3. The van der Waals surface area contributed by atoms with E-state index in [1.807, 2.05) is 0 Å². The molecule has 0 bridgehead atoms. The van der Waals surface area contributed by atoms with E-state index in [4.69, 9.17) is 11.6 Å². The molecule has 136 valence electrons. The minimum absolute atomic E-state index is 0.0133. The van der Waals surface area contributed by atoms with Crippen LogP contribution in [0.3, 0.4) is 0 Å². The van der Waals surface area contributed by atoms with Crippen LogP contribution < -0.4 is 5.32 Å². The topological polar surface area (TPSA) is 65.5 Å². The first-order valence-corrected chi connectivity index (χ1v) is 8.55. The summed E-state index contributed by atoms with van der Waals surface area (Å²) in [7, 11) is 0. The van der Waals surface area contributed by atoms with E-state index in [9.17, 15) is 14.0 Å². The highest BCUT2D eigenvalue weighted by Crippen LogP contribution is 2.23. The Hall–Kier alpha value is -2.67. The third-order valence-corrected chi connectivity index (χ3v) is 4.49. The molecule has 1 fully saturated rings. The Bertz CT molecular complexity index is 838. The molecule has 1 saturated heterocycles. The number of amides is 2. The summed E-state index contributed by atoms with van der Waals surface area (Å²) in [5, 5.41) is 3.09. The van der Waals surface area contributed by atoms with Gasteiger partial charge in [-0.25, -0.2) is 4.39 Å². The zero-order valence-corrected chi connectivity index (χ0v) is 15.0. The van der Waals surface area contributed by atoms with Gasteiger partial charge in [0.1, 0.15) is 11.5 Å². The molecule has 0 atom stereocenters. The van der Waals surface area contributed by atoms with Crippen molar-refractivity contribution in [1.29, 1.82) is 0 Å². The highest BCUT2D eigenvalue weighted by Gasteiger charge is 2.24. The number of halogens is 2. The SMILES string of the molecule is CC(=O)N1CCN(C(=O)c2cc(Nc3ccc(F)c(Cl)c3)ccn2)CC1. The van der Waals surface area contributed by atoms with Gasteiger partial charge in [-0.05, 0) is 30.3 Å². The lowest BCUT2D eigenvalue weighted by Crippen LogP contribution is -2.50. The number of aromatic nitrogens is 1. The Morgan fingerprint density at radius 2 is 1.73 bits per heavy atom. The maximum Gasteiger partial charge on any atom is 0.272 e. The van der Waals surface area contributed by atoms with Crippen LogP contribution in [-0.2, 0) is 4.79 Å². The summed E-state index contributed by atoms with van der Waals surface area (Å²) < 4.78 is 13.2. The number of carbonyl (C=O) groups excluding carboxylic acids is 2. The van der Waals surface area contributed by atoms with Crippen LogP contribution in [0.4, 0.5) is 15.8 Å². The first kappa shape index (κ1) is 18.1. The number of hydrogen-bond acceptors (Lipinski definition) is 4. The summed E-state index contributed by atoms with van der Waals surface area (Å²) in [6.07, 6.45) is 1.53. The van der Waals surface area contributed by atoms with Crippen LogP contribution in [-0.4, -0.2) is 52.8 Å². The van der Waals surface area contributed by atoms with E-state index in [1.165, 1.54) is 25.3 Å². The molecule has 2 amide bonds. The molecule has 3 rings (SSSR count). The molecular weight excluding hydrogens is 359 g/mol. The van der Waals surface area contributed by atoms with Gasteiger partial charge in [0.15, 0.2) is 0 Å². The smallest absolute Gasteiger partial charge is 0.272 e. The number of piperazine rings is 1. The van der Waals surface area contributed by atoms with E-state index in [0.29, 0.717) is 43.2 Å². The number of benzene rings is 1. The van der Waals surface area contributed by atoms with E-state index in [1.54, 1.807) is 28.0 Å². The molecular formula is C18H18ClFN4O2. The van der Waals surface area contributed by atoms with Crippen molar-refractivity contribution < 1.29 is 14.0 Å². The molecule has 1 aromatic carbocycles. The summed E-state index contributed by atoms with van der Waals surface area (Å²) in [6, 6.07) is 7.65. The first-order valence-electron chi connectivity index (χ1n) is 8.17. The molecule has 6 nitrogen and oxygen atoms in total. The first-order chi connectivity index (χ1) is 12.4. The standard InChI is InChI=1S/C18H18ClFN4O2/c1-12(25)23-6-8-24(9-7-23)18(26)17-11-14(4-5-21-17)22-13-2-3-16(20)15(19)10-13/h2-5,10-11H,6-9H2,1H3,(H,21,22). The van der Waals surface area contributed by atoms with Crippen molar-refractivity contribution in [3.05, 3.63) is 53.1 Å². The van der Waals surface area contributed by atoms with Crippen molar-refractivity contribution in [2.75, 3.05) is 31.5 Å². The fourth-order valence-electron chi connectivity index (χ4n) is 2.75. The van der Waals surface area contributed by atoms with Crippen molar-refractivity contribution in [1.82, 2.24) is 14.8 Å². The van der Waals surface area contributed by atoms with Gasteiger partial charge in [-0.1, -0.05) is 11.6 Å². The number of rotatable bonds is 3. The third kappa shape index (κ3) is 4.11. The van der Waals surface area contributed by atoms with Crippen LogP contribution in [0.1, 0.15) is 17.4 Å². The van der Waals surface area contributed by atoms with E-state index >= 15 is 0 Å². The summed E-state index contributed by atoms with van der Waals surface area (Å²) in [5.74, 6) is -0.666.